The molecule has 0 saturated carbocycles. The molecule has 0 bridgehead atoms. The largest absolute Gasteiger partial charge is 0.355 e. The van der Waals surface area contributed by atoms with Gasteiger partial charge in [0, 0.05) is 37.6 Å². The van der Waals surface area contributed by atoms with Gasteiger partial charge in [0.15, 0.2) is 0 Å². The van der Waals surface area contributed by atoms with Gasteiger partial charge in [-0.3, -0.25) is 4.79 Å². The summed E-state index contributed by atoms with van der Waals surface area (Å²) in [5, 5.41) is 4.22. The van der Waals surface area contributed by atoms with Gasteiger partial charge in [0.25, 0.3) is 0 Å². The molecule has 1 aliphatic rings. The standard InChI is InChI=1S/C25H30N4OS/c1-2-22(21-11-7-4-8-12-21)24(30)26-18-20-13-15-29(16-14-20)25-27-23(28-31-25)17-19-9-5-3-6-10-19/h3-12,20,22H,2,13-18H2,1H3,(H,26,30). The molecule has 4 rings (SSSR count). The predicted molar refractivity (Wildman–Crippen MR) is 127 cm³/mol. The van der Waals surface area contributed by atoms with Crippen LogP contribution in [0.2, 0.25) is 0 Å². The van der Waals surface area contributed by atoms with Crippen molar-refractivity contribution in [1.82, 2.24) is 14.7 Å². The summed E-state index contributed by atoms with van der Waals surface area (Å²) in [6, 6.07) is 20.4. The maximum atomic E-state index is 12.7. The van der Waals surface area contributed by atoms with Crippen molar-refractivity contribution in [3.05, 3.63) is 77.6 Å². The topological polar surface area (TPSA) is 58.1 Å². The van der Waals surface area contributed by atoms with Crippen molar-refractivity contribution < 1.29 is 4.79 Å². The first-order chi connectivity index (χ1) is 15.2. The summed E-state index contributed by atoms with van der Waals surface area (Å²) in [6.45, 7) is 4.77. The van der Waals surface area contributed by atoms with Gasteiger partial charge < -0.3 is 10.2 Å². The van der Waals surface area contributed by atoms with Gasteiger partial charge in [-0.1, -0.05) is 67.6 Å². The summed E-state index contributed by atoms with van der Waals surface area (Å²) in [6.07, 6.45) is 3.72. The highest BCUT2D eigenvalue weighted by atomic mass is 32.1. The molecule has 0 aliphatic carbocycles. The van der Waals surface area contributed by atoms with Crippen molar-refractivity contribution in [2.45, 2.75) is 38.5 Å². The van der Waals surface area contributed by atoms with Gasteiger partial charge in [0.05, 0.1) is 5.92 Å². The molecule has 1 fully saturated rings. The average Bonchev–Trinajstić information content (AvgIpc) is 3.28. The molecule has 0 radical (unpaired) electrons. The summed E-state index contributed by atoms with van der Waals surface area (Å²) in [7, 11) is 0. The molecule has 2 heterocycles. The van der Waals surface area contributed by atoms with Gasteiger partial charge in [0.1, 0.15) is 5.82 Å². The Bertz CT molecular complexity index is 952. The van der Waals surface area contributed by atoms with Crippen LogP contribution < -0.4 is 10.2 Å². The molecule has 6 heteroatoms. The van der Waals surface area contributed by atoms with E-state index in [4.69, 9.17) is 4.98 Å². The van der Waals surface area contributed by atoms with Crippen molar-refractivity contribution >= 4 is 22.6 Å². The fourth-order valence-corrected chi connectivity index (χ4v) is 4.91. The van der Waals surface area contributed by atoms with Crippen molar-refractivity contribution in [2.75, 3.05) is 24.5 Å². The van der Waals surface area contributed by atoms with Crippen molar-refractivity contribution in [2.24, 2.45) is 5.92 Å². The summed E-state index contributed by atoms with van der Waals surface area (Å²) >= 11 is 1.49. The number of nitrogens with zero attached hydrogens (tertiary/aromatic N) is 3. The zero-order valence-corrected chi connectivity index (χ0v) is 18.9. The first-order valence-electron chi connectivity index (χ1n) is 11.2. The minimum absolute atomic E-state index is 0.0642. The zero-order chi connectivity index (χ0) is 21.5. The highest BCUT2D eigenvalue weighted by Crippen LogP contribution is 2.26. The first kappa shape index (κ1) is 21.5. The smallest absolute Gasteiger partial charge is 0.227 e. The molecule has 1 saturated heterocycles. The van der Waals surface area contributed by atoms with E-state index in [1.807, 2.05) is 36.4 Å². The Morgan fingerprint density at radius 2 is 1.77 bits per heavy atom. The van der Waals surface area contributed by atoms with Crippen LogP contribution in [0.4, 0.5) is 5.13 Å². The lowest BCUT2D eigenvalue weighted by Gasteiger charge is -2.31. The Balaban J connectivity index is 1.24. The highest BCUT2D eigenvalue weighted by Gasteiger charge is 2.24. The van der Waals surface area contributed by atoms with E-state index in [9.17, 15) is 4.79 Å². The molecule has 1 N–H and O–H groups in total. The van der Waals surface area contributed by atoms with Crippen LogP contribution in [0.25, 0.3) is 0 Å². The fourth-order valence-electron chi connectivity index (χ4n) is 4.18. The molecule has 5 nitrogen and oxygen atoms in total. The van der Waals surface area contributed by atoms with E-state index in [2.05, 4.69) is 45.8 Å². The van der Waals surface area contributed by atoms with Crippen LogP contribution in [0.3, 0.4) is 0 Å². The number of carbonyl (C=O) groups excluding carboxylic acids is 1. The number of anilines is 1. The SMILES string of the molecule is CCC(C(=O)NCC1CCN(c2nc(Cc3ccccc3)ns2)CC1)c1ccccc1. The second-order valence-corrected chi connectivity index (χ2v) is 8.93. The molecular weight excluding hydrogens is 404 g/mol. The molecule has 2 aromatic carbocycles. The number of benzene rings is 2. The normalized spacial score (nSPS) is 15.6. The van der Waals surface area contributed by atoms with Crippen LogP contribution in [0.15, 0.2) is 60.7 Å². The number of aromatic nitrogens is 2. The zero-order valence-electron chi connectivity index (χ0n) is 18.0. The molecule has 1 amide bonds. The number of piperidine rings is 1. The van der Waals surface area contributed by atoms with E-state index in [1.165, 1.54) is 17.1 Å². The number of carbonyl (C=O) groups is 1. The molecule has 162 valence electrons. The molecule has 1 aromatic heterocycles. The Kier molecular flexibility index (Phi) is 7.30. The van der Waals surface area contributed by atoms with Crippen LogP contribution >= 0.6 is 11.5 Å². The van der Waals surface area contributed by atoms with Gasteiger partial charge in [0.2, 0.25) is 11.0 Å². The highest BCUT2D eigenvalue weighted by molar-refractivity contribution is 7.09. The lowest BCUT2D eigenvalue weighted by Crippen LogP contribution is -2.39. The molecule has 3 aromatic rings. The van der Waals surface area contributed by atoms with E-state index in [-0.39, 0.29) is 11.8 Å². The first-order valence-corrected chi connectivity index (χ1v) is 11.9. The monoisotopic (exact) mass is 434 g/mol. The minimum atomic E-state index is -0.0642. The lowest BCUT2D eigenvalue weighted by molar-refractivity contribution is -0.122. The number of hydrogen-bond donors (Lipinski definition) is 1. The number of hydrogen-bond acceptors (Lipinski definition) is 5. The van der Waals surface area contributed by atoms with Gasteiger partial charge in [-0.15, -0.1) is 0 Å². The van der Waals surface area contributed by atoms with Gasteiger partial charge in [-0.25, -0.2) is 4.98 Å². The van der Waals surface area contributed by atoms with Gasteiger partial charge in [-0.2, -0.15) is 4.37 Å². The Labute approximate surface area is 188 Å². The number of rotatable bonds is 8. The van der Waals surface area contributed by atoms with Crippen LogP contribution in [-0.4, -0.2) is 34.9 Å². The van der Waals surface area contributed by atoms with E-state index >= 15 is 0 Å². The molecule has 1 aliphatic heterocycles. The van der Waals surface area contributed by atoms with Crippen LogP contribution in [0.5, 0.6) is 0 Å². The molecule has 1 atom stereocenters. The Morgan fingerprint density at radius 3 is 2.45 bits per heavy atom. The average molecular weight is 435 g/mol. The molecule has 0 spiro atoms. The molecule has 1 unspecified atom stereocenters. The maximum Gasteiger partial charge on any atom is 0.227 e. The second kappa shape index (κ2) is 10.5. The predicted octanol–water partition coefficient (Wildman–Crippen LogP) is 4.66. The summed E-state index contributed by atoms with van der Waals surface area (Å²) in [5.74, 6) is 1.49. The van der Waals surface area contributed by atoms with Crippen molar-refractivity contribution in [3.8, 4) is 0 Å². The van der Waals surface area contributed by atoms with Gasteiger partial charge in [-0.05, 0) is 36.3 Å². The molecule has 31 heavy (non-hydrogen) atoms. The van der Waals surface area contributed by atoms with Crippen LogP contribution in [-0.2, 0) is 11.2 Å². The number of amides is 1. The maximum absolute atomic E-state index is 12.7. The Hall–Kier alpha value is -2.73. The summed E-state index contributed by atoms with van der Waals surface area (Å²) in [5.41, 5.74) is 2.34. The van der Waals surface area contributed by atoms with Crippen molar-refractivity contribution in [3.63, 3.8) is 0 Å². The summed E-state index contributed by atoms with van der Waals surface area (Å²) in [4.78, 5) is 19.8. The third kappa shape index (κ3) is 5.70. The number of nitrogens with one attached hydrogen (secondary N) is 1. The fraction of sp³-hybridized carbons (Fsp3) is 0.400. The van der Waals surface area contributed by atoms with E-state index < -0.39 is 0 Å². The van der Waals surface area contributed by atoms with E-state index in [1.54, 1.807) is 0 Å². The van der Waals surface area contributed by atoms with E-state index in [0.29, 0.717) is 5.92 Å². The minimum Gasteiger partial charge on any atom is -0.355 e. The molecular formula is C25H30N4OS. The lowest BCUT2D eigenvalue weighted by atomic mass is 9.94. The second-order valence-electron chi connectivity index (χ2n) is 8.20. The third-order valence-corrected chi connectivity index (χ3v) is 6.85. The van der Waals surface area contributed by atoms with Crippen molar-refractivity contribution in [1.29, 1.82) is 0 Å². The van der Waals surface area contributed by atoms with Crippen LogP contribution in [0.1, 0.15) is 49.1 Å². The Morgan fingerprint density at radius 1 is 1.10 bits per heavy atom. The van der Waals surface area contributed by atoms with Gasteiger partial charge >= 0.3 is 0 Å². The van der Waals surface area contributed by atoms with Crippen LogP contribution in [0, 0.1) is 5.92 Å². The quantitative estimate of drug-likeness (QED) is 0.560. The summed E-state index contributed by atoms with van der Waals surface area (Å²) < 4.78 is 4.55. The van der Waals surface area contributed by atoms with E-state index in [0.717, 1.165) is 61.8 Å². The third-order valence-electron chi connectivity index (χ3n) is 6.04.